The summed E-state index contributed by atoms with van der Waals surface area (Å²) in [7, 11) is 0. The number of rotatable bonds is 12. The number of aromatic nitrogens is 2. The topological polar surface area (TPSA) is 106 Å². The Morgan fingerprint density at radius 3 is 2.43 bits per heavy atom. The summed E-state index contributed by atoms with van der Waals surface area (Å²) in [5.41, 5.74) is 6.93. The normalized spacial score (nSPS) is 13.1. The van der Waals surface area contributed by atoms with E-state index in [9.17, 15) is 9.59 Å². The number of amides is 2. The summed E-state index contributed by atoms with van der Waals surface area (Å²) in [6.07, 6.45) is 7.73. The summed E-state index contributed by atoms with van der Waals surface area (Å²) in [6.45, 7) is 13.5. The second kappa shape index (κ2) is 18.9. The Kier molecular flexibility index (Phi) is 14.1. The van der Waals surface area contributed by atoms with E-state index in [1.807, 2.05) is 99.6 Å². The highest BCUT2D eigenvalue weighted by Gasteiger charge is 2.25. The van der Waals surface area contributed by atoms with Gasteiger partial charge in [-0.3, -0.25) is 4.79 Å². The first-order chi connectivity index (χ1) is 23.9. The van der Waals surface area contributed by atoms with E-state index in [4.69, 9.17) is 9.47 Å². The van der Waals surface area contributed by atoms with E-state index in [0.29, 0.717) is 42.8 Å². The largest absolute Gasteiger partial charge is 0.422 e. The Balaban J connectivity index is 0.00000265. The number of aryl methyl sites for hydroxylation is 1. The SMILES string of the molecule is C=C/C(=C\CC)c1ccnc(Nc2cc(NC(=O)c3ccc(C4CCN(C(=O)OCOCc5ccccc5)CC4)cc3)ccc2C)n1.CC. The predicted octanol–water partition coefficient (Wildman–Crippen LogP) is 9.28. The Morgan fingerprint density at radius 2 is 1.73 bits per heavy atom. The molecule has 2 N–H and O–H groups in total. The van der Waals surface area contributed by atoms with Crippen LogP contribution in [0.2, 0.25) is 0 Å². The van der Waals surface area contributed by atoms with E-state index in [1.54, 1.807) is 17.2 Å². The lowest BCUT2D eigenvalue weighted by molar-refractivity contribution is -0.0369. The van der Waals surface area contributed by atoms with Crippen molar-refractivity contribution in [1.29, 1.82) is 0 Å². The molecule has 2 amide bonds. The van der Waals surface area contributed by atoms with Crippen LogP contribution in [0.5, 0.6) is 0 Å². The van der Waals surface area contributed by atoms with E-state index in [1.165, 1.54) is 0 Å². The Bertz CT molecular complexity index is 1700. The lowest BCUT2D eigenvalue weighted by Crippen LogP contribution is -2.38. The predicted molar refractivity (Wildman–Crippen MR) is 197 cm³/mol. The van der Waals surface area contributed by atoms with Crippen molar-refractivity contribution >= 4 is 34.9 Å². The van der Waals surface area contributed by atoms with E-state index < -0.39 is 0 Å². The van der Waals surface area contributed by atoms with Crippen molar-refractivity contribution in [1.82, 2.24) is 14.9 Å². The fraction of sp³-hybridized carbons (Fsp3) is 0.300. The minimum absolute atomic E-state index is 0.0757. The van der Waals surface area contributed by atoms with E-state index >= 15 is 0 Å². The molecule has 0 aliphatic carbocycles. The number of benzene rings is 3. The quantitative estimate of drug-likeness (QED) is 0.0886. The van der Waals surface area contributed by atoms with Gasteiger partial charge in [-0.2, -0.15) is 0 Å². The molecule has 0 spiro atoms. The molecule has 49 heavy (non-hydrogen) atoms. The monoisotopic (exact) mass is 661 g/mol. The lowest BCUT2D eigenvalue weighted by Gasteiger charge is -2.31. The van der Waals surface area contributed by atoms with Crippen LogP contribution < -0.4 is 10.6 Å². The maximum atomic E-state index is 13.1. The van der Waals surface area contributed by atoms with Crippen LogP contribution in [0.25, 0.3) is 5.57 Å². The third-order valence-electron chi connectivity index (χ3n) is 8.11. The average Bonchev–Trinajstić information content (AvgIpc) is 3.15. The summed E-state index contributed by atoms with van der Waals surface area (Å²) < 4.78 is 10.8. The minimum atomic E-state index is -0.356. The summed E-state index contributed by atoms with van der Waals surface area (Å²) in [5, 5.41) is 6.29. The van der Waals surface area contributed by atoms with E-state index in [0.717, 1.165) is 52.9 Å². The van der Waals surface area contributed by atoms with Gasteiger partial charge in [0, 0.05) is 36.2 Å². The van der Waals surface area contributed by atoms with Gasteiger partial charge in [0.2, 0.25) is 5.95 Å². The van der Waals surface area contributed by atoms with Crippen molar-refractivity contribution < 1.29 is 19.1 Å². The fourth-order valence-electron chi connectivity index (χ4n) is 5.47. The zero-order valence-electron chi connectivity index (χ0n) is 28.9. The van der Waals surface area contributed by atoms with Crippen LogP contribution in [0, 0.1) is 6.92 Å². The molecule has 5 rings (SSSR count). The zero-order chi connectivity index (χ0) is 35.0. The Morgan fingerprint density at radius 1 is 1.00 bits per heavy atom. The van der Waals surface area contributed by atoms with Gasteiger partial charge in [-0.15, -0.1) is 0 Å². The van der Waals surface area contributed by atoms with Crippen LogP contribution in [-0.4, -0.2) is 46.8 Å². The first-order valence-corrected chi connectivity index (χ1v) is 16.9. The summed E-state index contributed by atoms with van der Waals surface area (Å²) in [5.74, 6) is 0.568. The highest BCUT2D eigenvalue weighted by Crippen LogP contribution is 2.29. The fourth-order valence-corrected chi connectivity index (χ4v) is 5.47. The van der Waals surface area contributed by atoms with Gasteiger partial charge in [0.1, 0.15) is 0 Å². The van der Waals surface area contributed by atoms with Gasteiger partial charge in [0.25, 0.3) is 5.91 Å². The van der Waals surface area contributed by atoms with Gasteiger partial charge >= 0.3 is 6.09 Å². The van der Waals surface area contributed by atoms with Crippen molar-refractivity contribution in [3.05, 3.63) is 132 Å². The molecule has 3 aromatic carbocycles. The number of hydrogen-bond acceptors (Lipinski definition) is 7. The molecule has 1 aliphatic rings. The van der Waals surface area contributed by atoms with Crippen LogP contribution in [0.15, 0.2) is 104 Å². The molecule has 256 valence electrons. The van der Waals surface area contributed by atoms with Crippen LogP contribution in [0.3, 0.4) is 0 Å². The van der Waals surface area contributed by atoms with Gasteiger partial charge in [-0.1, -0.05) is 88.0 Å². The highest BCUT2D eigenvalue weighted by atomic mass is 16.7. The number of nitrogens with zero attached hydrogens (tertiary/aromatic N) is 3. The summed E-state index contributed by atoms with van der Waals surface area (Å²) in [6, 6.07) is 25.0. The first kappa shape index (κ1) is 36.6. The molecular formula is C40H47N5O4. The van der Waals surface area contributed by atoms with Crippen LogP contribution in [-0.2, 0) is 16.1 Å². The van der Waals surface area contributed by atoms with E-state index in [2.05, 4.69) is 40.2 Å². The molecule has 0 atom stereocenters. The number of carbonyl (C=O) groups is 2. The molecule has 4 aromatic rings. The summed E-state index contributed by atoms with van der Waals surface area (Å²) >= 11 is 0. The van der Waals surface area contributed by atoms with Gasteiger partial charge < -0.3 is 25.0 Å². The second-order valence-corrected chi connectivity index (χ2v) is 11.4. The van der Waals surface area contributed by atoms with Crippen molar-refractivity contribution in [2.45, 2.75) is 59.5 Å². The molecule has 0 bridgehead atoms. The molecular weight excluding hydrogens is 614 g/mol. The van der Waals surface area contributed by atoms with Gasteiger partial charge in [0.15, 0.2) is 6.79 Å². The molecule has 1 aliphatic heterocycles. The molecule has 0 radical (unpaired) electrons. The number of allylic oxidation sites excluding steroid dienone is 3. The number of hydrogen-bond donors (Lipinski definition) is 2. The molecule has 0 saturated carbocycles. The smallest absolute Gasteiger partial charge is 0.411 e. The molecule has 0 unspecified atom stereocenters. The van der Waals surface area contributed by atoms with Crippen LogP contribution in [0.4, 0.5) is 22.1 Å². The van der Waals surface area contributed by atoms with Crippen LogP contribution in [0.1, 0.15) is 78.7 Å². The number of piperidine rings is 1. The van der Waals surface area contributed by atoms with Crippen molar-refractivity contribution in [3.63, 3.8) is 0 Å². The lowest BCUT2D eigenvalue weighted by atomic mass is 9.89. The number of nitrogens with one attached hydrogen (secondary N) is 2. The first-order valence-electron chi connectivity index (χ1n) is 16.9. The summed E-state index contributed by atoms with van der Waals surface area (Å²) in [4.78, 5) is 36.4. The van der Waals surface area contributed by atoms with Crippen LogP contribution >= 0.6 is 0 Å². The molecule has 1 saturated heterocycles. The van der Waals surface area contributed by atoms with Gasteiger partial charge in [0.05, 0.1) is 12.3 Å². The van der Waals surface area contributed by atoms with Gasteiger partial charge in [-0.05, 0) is 84.7 Å². The third kappa shape index (κ3) is 10.6. The number of likely N-dealkylation sites (tertiary alicyclic amines) is 1. The maximum absolute atomic E-state index is 13.1. The maximum Gasteiger partial charge on any atom is 0.411 e. The second-order valence-electron chi connectivity index (χ2n) is 11.4. The molecule has 9 heteroatoms. The standard InChI is InChI=1S/C38H41N5O4.C2H6/c1-4-9-29(5-2)34-18-21-39-37(41-34)42-35-24-33(17-12-27(35)3)40-36(44)32-15-13-30(14-16-32)31-19-22-43(23-20-31)38(45)47-26-46-25-28-10-7-6-8-11-28;1-2/h5-18,21,24,31H,2,4,19-20,22-23,25-26H2,1,3H3,(H,40,44)(H,39,41,42);1-2H3/b29-9+;. The highest BCUT2D eigenvalue weighted by molar-refractivity contribution is 6.04. The van der Waals surface area contributed by atoms with Gasteiger partial charge in [-0.25, -0.2) is 14.8 Å². The molecule has 1 aromatic heterocycles. The Labute approximate surface area is 290 Å². The van der Waals surface area contributed by atoms with Crippen molar-refractivity contribution in [2.24, 2.45) is 0 Å². The number of anilines is 3. The number of carbonyl (C=O) groups excluding carboxylic acids is 2. The van der Waals surface area contributed by atoms with E-state index in [-0.39, 0.29) is 18.8 Å². The molecule has 1 fully saturated rings. The van der Waals surface area contributed by atoms with Crippen molar-refractivity contribution in [2.75, 3.05) is 30.5 Å². The molecule has 2 heterocycles. The minimum Gasteiger partial charge on any atom is -0.422 e. The zero-order valence-corrected chi connectivity index (χ0v) is 28.9. The molecule has 9 nitrogen and oxygen atoms in total. The van der Waals surface area contributed by atoms with Crippen molar-refractivity contribution in [3.8, 4) is 0 Å². The average molecular weight is 662 g/mol. The third-order valence-corrected chi connectivity index (χ3v) is 8.11. The Hall–Kier alpha value is -5.28. The number of ether oxygens (including phenoxy) is 2.